The molecule has 0 N–H and O–H groups in total. The highest BCUT2D eigenvalue weighted by atomic mass is 27.2. The van der Waals surface area contributed by atoms with Crippen molar-refractivity contribution in [3.63, 3.8) is 0 Å². The van der Waals surface area contributed by atoms with E-state index in [1.807, 2.05) is 14.1 Å². The van der Waals surface area contributed by atoms with Crippen LogP contribution in [-0.4, -0.2) is 39.7 Å². The fourth-order valence-corrected chi connectivity index (χ4v) is 1.55. The number of hydrogen-bond acceptors (Lipinski definition) is 2. The van der Waals surface area contributed by atoms with E-state index in [1.54, 1.807) is 0 Å². The van der Waals surface area contributed by atoms with Crippen LogP contribution in [-0.2, 0) is 3.79 Å². The SMILES string of the molecule is CC([O][Al]([CH3])[CH3])N(C)C. The van der Waals surface area contributed by atoms with Crippen LogP contribution in [0.5, 0.6) is 0 Å². The molecule has 0 bridgehead atoms. The van der Waals surface area contributed by atoms with Crippen molar-refractivity contribution in [2.45, 2.75) is 24.7 Å². The molecule has 3 heteroatoms. The average Bonchev–Trinajstić information content (AvgIpc) is 1.63. The Balaban J connectivity index is 3.38. The van der Waals surface area contributed by atoms with Crippen LogP contribution in [0.1, 0.15) is 6.92 Å². The molecule has 2 nitrogen and oxygen atoms in total. The molecule has 0 aromatic carbocycles. The van der Waals surface area contributed by atoms with E-state index in [9.17, 15) is 0 Å². The summed E-state index contributed by atoms with van der Waals surface area (Å²) in [5.74, 6) is 4.36. The molecular weight excluding hydrogens is 129 g/mol. The van der Waals surface area contributed by atoms with Crippen LogP contribution in [0, 0.1) is 0 Å². The van der Waals surface area contributed by atoms with Gasteiger partial charge in [-0.05, 0) is 21.0 Å². The third-order valence-corrected chi connectivity index (χ3v) is 2.13. The summed E-state index contributed by atoms with van der Waals surface area (Å²) in [5.41, 5.74) is 0. The molecule has 0 saturated carbocycles. The Bertz CT molecular complexity index is 75.5. The number of nitrogens with zero attached hydrogens (tertiary/aromatic N) is 1. The minimum atomic E-state index is -0.826. The van der Waals surface area contributed by atoms with Crippen LogP contribution in [0.2, 0.25) is 11.6 Å². The normalized spacial score (nSPS) is 14.0. The first-order valence-corrected chi connectivity index (χ1v) is 6.14. The van der Waals surface area contributed by atoms with Crippen LogP contribution in [0.3, 0.4) is 0 Å². The molecule has 1 atom stereocenters. The topological polar surface area (TPSA) is 12.5 Å². The molecule has 0 amide bonds. The fraction of sp³-hybridized carbons (Fsp3) is 1.00. The van der Waals surface area contributed by atoms with Crippen LogP contribution < -0.4 is 0 Å². The lowest BCUT2D eigenvalue weighted by Gasteiger charge is -2.22. The Kier molecular flexibility index (Phi) is 4.51. The minimum Gasteiger partial charge on any atom is -0.487 e. The van der Waals surface area contributed by atoms with Crippen LogP contribution in [0.15, 0.2) is 0 Å². The lowest BCUT2D eigenvalue weighted by atomic mass is 10.6. The first-order chi connectivity index (χ1) is 4.04. The highest BCUT2D eigenvalue weighted by Crippen LogP contribution is 1.95. The standard InChI is InChI=1S/C4H10NO.2CH3.Al/c1-4(6)5(2)3;;;/h4H,1-3H3;2*1H3;/q-1;;;+1. The van der Waals surface area contributed by atoms with E-state index in [2.05, 4.69) is 23.4 Å². The Morgan fingerprint density at radius 2 is 1.78 bits per heavy atom. The zero-order valence-corrected chi connectivity index (χ0v) is 8.16. The molecule has 54 valence electrons. The van der Waals surface area contributed by atoms with Gasteiger partial charge in [0.1, 0.15) is 0 Å². The maximum Gasteiger partial charge on any atom is 0.455 e. The Labute approximate surface area is 62.5 Å². The summed E-state index contributed by atoms with van der Waals surface area (Å²) >= 11 is -0.826. The molecule has 0 heterocycles. The molecule has 0 aromatic rings. The van der Waals surface area contributed by atoms with Gasteiger partial charge in [0, 0.05) is 0 Å². The summed E-state index contributed by atoms with van der Waals surface area (Å²) in [4.78, 5) is 2.08. The van der Waals surface area contributed by atoms with Crippen molar-refractivity contribution in [2.75, 3.05) is 14.1 Å². The summed E-state index contributed by atoms with van der Waals surface area (Å²) in [6, 6.07) is 0. The van der Waals surface area contributed by atoms with Gasteiger partial charge in [-0.3, -0.25) is 4.90 Å². The highest BCUT2D eigenvalue weighted by molar-refractivity contribution is 6.48. The van der Waals surface area contributed by atoms with Crippen molar-refractivity contribution in [1.82, 2.24) is 4.90 Å². The molecule has 0 aliphatic heterocycles. The zero-order valence-electron chi connectivity index (χ0n) is 7.01. The second kappa shape index (κ2) is 4.30. The molecule has 0 saturated heterocycles. The van der Waals surface area contributed by atoms with Crippen LogP contribution in [0.25, 0.3) is 0 Å². The third-order valence-electron chi connectivity index (χ3n) is 1.20. The Morgan fingerprint density at radius 3 is 1.89 bits per heavy atom. The van der Waals surface area contributed by atoms with Crippen molar-refractivity contribution in [2.24, 2.45) is 0 Å². The van der Waals surface area contributed by atoms with E-state index >= 15 is 0 Å². The van der Waals surface area contributed by atoms with Gasteiger partial charge in [-0.15, -0.1) is 0 Å². The highest BCUT2D eigenvalue weighted by Gasteiger charge is 2.10. The molecule has 0 aromatic heterocycles. The Morgan fingerprint density at radius 1 is 1.33 bits per heavy atom. The first-order valence-electron chi connectivity index (χ1n) is 3.36. The molecule has 0 radical (unpaired) electrons. The second-order valence-electron chi connectivity index (χ2n) is 2.75. The zero-order chi connectivity index (χ0) is 7.44. The summed E-state index contributed by atoms with van der Waals surface area (Å²) in [5, 5.41) is 0. The molecule has 0 spiro atoms. The molecule has 0 rings (SSSR count). The van der Waals surface area contributed by atoms with Crippen molar-refractivity contribution < 1.29 is 3.79 Å². The van der Waals surface area contributed by atoms with E-state index in [1.165, 1.54) is 0 Å². The van der Waals surface area contributed by atoms with Gasteiger partial charge >= 0.3 is 14.5 Å². The molecule has 0 aliphatic rings. The summed E-state index contributed by atoms with van der Waals surface area (Å²) < 4.78 is 5.58. The lowest BCUT2D eigenvalue weighted by molar-refractivity contribution is 0.0813. The smallest absolute Gasteiger partial charge is 0.455 e. The fourth-order valence-electron chi connectivity index (χ4n) is 0.516. The predicted molar refractivity (Wildman–Crippen MR) is 41.7 cm³/mol. The van der Waals surface area contributed by atoms with E-state index in [4.69, 9.17) is 3.79 Å². The predicted octanol–water partition coefficient (Wildman–Crippen LogP) is 1.16. The van der Waals surface area contributed by atoms with Gasteiger partial charge in [-0.2, -0.15) is 0 Å². The van der Waals surface area contributed by atoms with E-state index < -0.39 is 14.5 Å². The maximum absolute atomic E-state index is 5.58. The maximum atomic E-state index is 5.58. The molecular formula is C6H16AlNO. The average molecular weight is 145 g/mol. The number of rotatable bonds is 3. The minimum absolute atomic E-state index is 0.289. The van der Waals surface area contributed by atoms with Crippen LogP contribution >= 0.6 is 0 Å². The monoisotopic (exact) mass is 145 g/mol. The van der Waals surface area contributed by atoms with Crippen molar-refractivity contribution in [3.8, 4) is 0 Å². The molecule has 0 fully saturated rings. The molecule has 1 unspecified atom stereocenters. The summed E-state index contributed by atoms with van der Waals surface area (Å²) in [6.45, 7) is 2.08. The summed E-state index contributed by atoms with van der Waals surface area (Å²) in [7, 11) is 4.06. The van der Waals surface area contributed by atoms with Crippen molar-refractivity contribution in [1.29, 1.82) is 0 Å². The van der Waals surface area contributed by atoms with Gasteiger partial charge in [0.05, 0.1) is 6.23 Å². The van der Waals surface area contributed by atoms with E-state index in [0.717, 1.165) is 0 Å². The van der Waals surface area contributed by atoms with E-state index in [-0.39, 0.29) is 6.23 Å². The van der Waals surface area contributed by atoms with Gasteiger partial charge in [-0.1, -0.05) is 11.6 Å². The van der Waals surface area contributed by atoms with E-state index in [0.29, 0.717) is 0 Å². The third kappa shape index (κ3) is 4.93. The van der Waals surface area contributed by atoms with Gasteiger partial charge in [0.2, 0.25) is 0 Å². The van der Waals surface area contributed by atoms with Gasteiger partial charge in [0.25, 0.3) is 0 Å². The van der Waals surface area contributed by atoms with Gasteiger partial charge < -0.3 is 3.79 Å². The second-order valence-corrected chi connectivity index (χ2v) is 5.12. The van der Waals surface area contributed by atoms with Gasteiger partial charge in [-0.25, -0.2) is 0 Å². The molecule has 9 heavy (non-hydrogen) atoms. The van der Waals surface area contributed by atoms with Gasteiger partial charge in [0.15, 0.2) is 0 Å². The van der Waals surface area contributed by atoms with Crippen LogP contribution in [0.4, 0.5) is 0 Å². The van der Waals surface area contributed by atoms with Crippen molar-refractivity contribution >= 4 is 14.5 Å². The summed E-state index contributed by atoms with van der Waals surface area (Å²) in [6.07, 6.45) is 0.289. The van der Waals surface area contributed by atoms with Crippen molar-refractivity contribution in [3.05, 3.63) is 0 Å². The lowest BCUT2D eigenvalue weighted by Crippen LogP contribution is -2.31. The Hall–Kier alpha value is 0.452. The molecule has 0 aliphatic carbocycles. The largest absolute Gasteiger partial charge is 0.487 e. The first kappa shape index (κ1) is 9.45. The number of hydrogen-bond donors (Lipinski definition) is 0. The quantitative estimate of drug-likeness (QED) is 0.436.